The van der Waals surface area contributed by atoms with Gasteiger partial charge < -0.3 is 32.6 Å². The number of quaternary nitrogens is 1. The Kier molecular flexibility index (Phi) is 30.5. The molecule has 55 heavy (non-hydrogen) atoms. The Labute approximate surface area is 335 Å². The maximum absolute atomic E-state index is 12.7. The number of likely N-dealkylation sites (N-methyl/N-ethyl adjacent to an activating group) is 1. The van der Waals surface area contributed by atoms with Gasteiger partial charge in [0.15, 0.2) is 6.10 Å². The van der Waals surface area contributed by atoms with Crippen molar-refractivity contribution >= 4 is 19.8 Å². The Morgan fingerprint density at radius 1 is 0.655 bits per heavy atom. The number of carbonyl (C=O) groups is 2. The number of allylic oxidation sites excluding steroid dienone is 6. The Balaban J connectivity index is 2.35. The summed E-state index contributed by atoms with van der Waals surface area (Å²) in [5.41, 5.74) is 0. The fourth-order valence-corrected chi connectivity index (χ4v) is 6.41. The number of esters is 2. The van der Waals surface area contributed by atoms with Gasteiger partial charge in [-0.25, -0.2) is 0 Å². The normalized spacial score (nSPS) is 17.8. The fourth-order valence-electron chi connectivity index (χ4n) is 5.68. The number of rotatable bonds is 37. The topological polar surface area (TPSA) is 124 Å². The zero-order valence-corrected chi connectivity index (χ0v) is 36.2. The highest BCUT2D eigenvalue weighted by Crippen LogP contribution is 2.38. The highest BCUT2D eigenvalue weighted by Gasteiger charge is 2.36. The van der Waals surface area contributed by atoms with Gasteiger partial charge in [0.1, 0.15) is 19.8 Å². The lowest BCUT2D eigenvalue weighted by Gasteiger charge is -2.28. The summed E-state index contributed by atoms with van der Waals surface area (Å²) in [7, 11) is 1.11. The van der Waals surface area contributed by atoms with Crippen molar-refractivity contribution in [2.24, 2.45) is 0 Å². The van der Waals surface area contributed by atoms with Gasteiger partial charge in [0, 0.05) is 12.8 Å². The molecule has 10 nitrogen and oxygen atoms in total. The number of phosphoric ester groups is 1. The molecular weight excluding hydrogens is 717 g/mol. The summed E-state index contributed by atoms with van der Waals surface area (Å²) in [5, 5.41) is 0. The van der Waals surface area contributed by atoms with Crippen LogP contribution in [0.4, 0.5) is 0 Å². The second kappa shape index (κ2) is 33.0. The number of hydrogen-bond acceptors (Lipinski definition) is 9. The van der Waals surface area contributed by atoms with Crippen LogP contribution in [0.25, 0.3) is 0 Å². The Morgan fingerprint density at radius 2 is 1.16 bits per heavy atom. The second-order valence-corrected chi connectivity index (χ2v) is 17.1. The summed E-state index contributed by atoms with van der Waals surface area (Å²) in [6.45, 7) is 4.08. The molecule has 318 valence electrons. The van der Waals surface area contributed by atoms with Crippen molar-refractivity contribution in [3.05, 3.63) is 48.6 Å². The lowest BCUT2D eigenvalue weighted by atomic mass is 10.1. The predicted octanol–water partition coefficient (Wildman–Crippen LogP) is 10.3. The van der Waals surface area contributed by atoms with Crippen LogP contribution in [0.3, 0.4) is 0 Å². The van der Waals surface area contributed by atoms with E-state index in [9.17, 15) is 19.0 Å². The van der Waals surface area contributed by atoms with Crippen molar-refractivity contribution in [2.75, 3.05) is 47.5 Å². The van der Waals surface area contributed by atoms with Gasteiger partial charge in [0.25, 0.3) is 7.82 Å². The number of phosphoric acid groups is 1. The third-order valence-corrected chi connectivity index (χ3v) is 10.2. The zero-order valence-electron chi connectivity index (χ0n) is 35.3. The molecule has 1 aliphatic rings. The molecule has 0 aromatic carbocycles. The Bertz CT molecular complexity index is 1150. The molecule has 0 aromatic heterocycles. The minimum Gasteiger partial charge on any atom is -0.756 e. The lowest BCUT2D eigenvalue weighted by Crippen LogP contribution is -2.37. The fraction of sp³-hybridized carbons (Fsp3) is 0.773. The van der Waals surface area contributed by atoms with Crippen molar-refractivity contribution < 1.29 is 46.8 Å². The van der Waals surface area contributed by atoms with Crippen LogP contribution in [0.15, 0.2) is 48.6 Å². The van der Waals surface area contributed by atoms with E-state index < -0.39 is 32.5 Å². The monoisotopic (exact) mass is 796 g/mol. The van der Waals surface area contributed by atoms with Gasteiger partial charge in [0.05, 0.1) is 40.0 Å². The first-order valence-corrected chi connectivity index (χ1v) is 22.9. The number of unbranched alkanes of at least 4 members (excludes halogenated alkanes) is 13. The molecule has 1 saturated heterocycles. The minimum absolute atomic E-state index is 0.0463. The second-order valence-electron chi connectivity index (χ2n) is 15.7. The van der Waals surface area contributed by atoms with Crippen LogP contribution in [0, 0.1) is 0 Å². The summed E-state index contributed by atoms with van der Waals surface area (Å²) in [5.74, 6) is -0.920. The van der Waals surface area contributed by atoms with Gasteiger partial charge in [-0.05, 0) is 77.0 Å². The third kappa shape index (κ3) is 33.8. The Morgan fingerprint density at radius 3 is 1.84 bits per heavy atom. The highest BCUT2D eigenvalue weighted by atomic mass is 31.2. The van der Waals surface area contributed by atoms with Crippen molar-refractivity contribution in [1.82, 2.24) is 0 Å². The molecule has 0 N–H and O–H groups in total. The third-order valence-electron chi connectivity index (χ3n) is 9.22. The van der Waals surface area contributed by atoms with E-state index in [-0.39, 0.29) is 26.1 Å². The molecule has 1 aliphatic heterocycles. The predicted molar refractivity (Wildman–Crippen MR) is 221 cm³/mol. The standard InChI is InChI=1S/C44H78NO9P/c1-6-8-10-12-14-15-16-17-18-19-22-26-30-34-43(46)50-38-40(39-52-55(48,49)51-37-36-45(3,4)5)53-44(47)35-31-27-23-20-21-25-29-33-42-41(54-42)32-28-24-13-11-9-7-2/h15-16,20,23-25,28-29,40-42H,6-14,17-19,21-22,26-27,30-39H2,1-5H3/b16-15-,23-20-,28-24-,29-25-/t40-,41?,42?/m1/s1. The average Bonchev–Trinajstić information content (AvgIpc) is 3.89. The molecule has 1 rings (SSSR count). The summed E-state index contributed by atoms with van der Waals surface area (Å²) < 4.78 is 39.5. The Hall–Kier alpha value is -2.07. The van der Waals surface area contributed by atoms with Gasteiger partial charge in [-0.15, -0.1) is 0 Å². The van der Waals surface area contributed by atoms with Crippen molar-refractivity contribution in [3.63, 3.8) is 0 Å². The van der Waals surface area contributed by atoms with Crippen molar-refractivity contribution in [1.29, 1.82) is 0 Å². The molecule has 1 heterocycles. The largest absolute Gasteiger partial charge is 0.756 e. The molecule has 1 fully saturated rings. The molecule has 0 bridgehead atoms. The van der Waals surface area contributed by atoms with Crippen LogP contribution >= 0.6 is 7.82 Å². The minimum atomic E-state index is -4.64. The number of epoxide rings is 1. The number of ether oxygens (including phenoxy) is 3. The molecule has 4 atom stereocenters. The van der Waals surface area contributed by atoms with Crippen LogP contribution in [0.2, 0.25) is 0 Å². The van der Waals surface area contributed by atoms with E-state index in [1.165, 1.54) is 51.4 Å². The van der Waals surface area contributed by atoms with Gasteiger partial charge in [-0.1, -0.05) is 114 Å². The van der Waals surface area contributed by atoms with E-state index in [0.717, 1.165) is 57.8 Å². The first kappa shape index (κ1) is 50.9. The van der Waals surface area contributed by atoms with Gasteiger partial charge in [0.2, 0.25) is 0 Å². The van der Waals surface area contributed by atoms with E-state index in [1.807, 2.05) is 27.2 Å². The van der Waals surface area contributed by atoms with Crippen LogP contribution in [-0.2, 0) is 37.4 Å². The summed E-state index contributed by atoms with van der Waals surface area (Å²) in [4.78, 5) is 37.5. The molecule has 0 spiro atoms. The maximum Gasteiger partial charge on any atom is 0.306 e. The first-order chi connectivity index (χ1) is 26.5. The zero-order chi connectivity index (χ0) is 40.5. The van der Waals surface area contributed by atoms with E-state index in [2.05, 4.69) is 56.4 Å². The van der Waals surface area contributed by atoms with Gasteiger partial charge in [-0.2, -0.15) is 0 Å². The van der Waals surface area contributed by atoms with Gasteiger partial charge >= 0.3 is 11.9 Å². The molecule has 11 heteroatoms. The SMILES string of the molecule is CCCCC/C=C\CC1OC1C/C=C\C/C=C\CCCC(=O)O[C@H](COC(=O)CCCCCCC/C=C\CCCCCC)COP(=O)([O-])OCC[N+](C)(C)C. The van der Waals surface area contributed by atoms with Crippen molar-refractivity contribution in [2.45, 2.75) is 173 Å². The smallest absolute Gasteiger partial charge is 0.306 e. The summed E-state index contributed by atoms with van der Waals surface area (Å²) in [6.07, 6.45) is 38.9. The summed E-state index contributed by atoms with van der Waals surface area (Å²) in [6, 6.07) is 0. The molecular formula is C44H78NO9P. The lowest BCUT2D eigenvalue weighted by molar-refractivity contribution is -0.870. The van der Waals surface area contributed by atoms with E-state index in [0.29, 0.717) is 42.5 Å². The molecule has 0 radical (unpaired) electrons. The number of nitrogens with zero attached hydrogens (tertiary/aromatic N) is 1. The van der Waals surface area contributed by atoms with Crippen LogP contribution in [0.1, 0.15) is 155 Å². The highest BCUT2D eigenvalue weighted by molar-refractivity contribution is 7.45. The van der Waals surface area contributed by atoms with E-state index in [4.69, 9.17) is 23.3 Å². The molecule has 3 unspecified atom stereocenters. The first-order valence-electron chi connectivity index (χ1n) is 21.5. The van der Waals surface area contributed by atoms with E-state index >= 15 is 0 Å². The van der Waals surface area contributed by atoms with Crippen molar-refractivity contribution in [3.8, 4) is 0 Å². The van der Waals surface area contributed by atoms with Crippen LogP contribution in [0.5, 0.6) is 0 Å². The molecule has 0 amide bonds. The van der Waals surface area contributed by atoms with Crippen LogP contribution < -0.4 is 4.89 Å². The molecule has 0 aliphatic carbocycles. The van der Waals surface area contributed by atoms with E-state index in [1.54, 1.807) is 0 Å². The summed E-state index contributed by atoms with van der Waals surface area (Å²) >= 11 is 0. The quantitative estimate of drug-likeness (QED) is 0.0151. The van der Waals surface area contributed by atoms with Gasteiger partial charge in [-0.3, -0.25) is 14.2 Å². The average molecular weight is 796 g/mol. The number of carbonyl (C=O) groups excluding carboxylic acids is 2. The molecule has 0 saturated carbocycles. The van der Waals surface area contributed by atoms with Crippen LogP contribution in [-0.4, -0.2) is 82.2 Å². The molecule has 0 aromatic rings. The number of hydrogen-bond donors (Lipinski definition) is 0. The maximum atomic E-state index is 12.7.